The maximum atomic E-state index is 13.0. The highest BCUT2D eigenvalue weighted by molar-refractivity contribution is 9.11. The van der Waals surface area contributed by atoms with Crippen molar-refractivity contribution >= 4 is 60.0 Å². The van der Waals surface area contributed by atoms with Crippen molar-refractivity contribution in [1.82, 2.24) is 9.97 Å². The Kier molecular flexibility index (Phi) is 6.33. The number of benzene rings is 2. The number of sulfonamides is 1. The van der Waals surface area contributed by atoms with E-state index in [0.29, 0.717) is 11.3 Å². The molecule has 170 valence electrons. The van der Waals surface area contributed by atoms with Crippen LogP contribution in [0, 0.1) is 0 Å². The second kappa shape index (κ2) is 9.38. The van der Waals surface area contributed by atoms with Gasteiger partial charge in [0.2, 0.25) is 0 Å². The minimum absolute atomic E-state index is 0.229. The molecule has 10 heteroatoms. The second-order valence-electron chi connectivity index (χ2n) is 7.95. The van der Waals surface area contributed by atoms with Gasteiger partial charge in [0, 0.05) is 5.56 Å². The summed E-state index contributed by atoms with van der Waals surface area (Å²) < 4.78 is 29.7. The van der Waals surface area contributed by atoms with Crippen LogP contribution in [0.5, 0.6) is 0 Å². The normalized spacial score (nSPS) is 15.1. The molecule has 1 aliphatic heterocycles. The molecule has 0 saturated carbocycles. The van der Waals surface area contributed by atoms with E-state index in [1.54, 1.807) is 12.1 Å². The van der Waals surface area contributed by atoms with Gasteiger partial charge in [0.15, 0.2) is 11.6 Å². The predicted molar refractivity (Wildman–Crippen MR) is 135 cm³/mol. The third-order valence-corrected chi connectivity index (χ3v) is 9.12. The van der Waals surface area contributed by atoms with Crippen LogP contribution < -0.4 is 14.5 Å². The van der Waals surface area contributed by atoms with E-state index in [1.807, 2.05) is 30.3 Å². The van der Waals surface area contributed by atoms with Gasteiger partial charge in [-0.1, -0.05) is 42.5 Å². The average molecular weight is 546 g/mol. The number of fused-ring (bicyclic) bond motifs is 1. The quantitative estimate of drug-likeness (QED) is 0.389. The van der Waals surface area contributed by atoms with Crippen LogP contribution in [-0.2, 0) is 16.6 Å². The van der Waals surface area contributed by atoms with Gasteiger partial charge in [-0.25, -0.2) is 18.4 Å². The number of aromatic nitrogens is 2. The van der Waals surface area contributed by atoms with Crippen molar-refractivity contribution < 1.29 is 13.3 Å². The number of anilines is 2. The third-order valence-electron chi connectivity index (χ3n) is 5.66. The van der Waals surface area contributed by atoms with Gasteiger partial charge < -0.3 is 9.80 Å². The topological polar surface area (TPSA) is 79.6 Å². The molecular formula is C23H23BrN5O2S2+. The summed E-state index contributed by atoms with van der Waals surface area (Å²) in [6, 6.07) is 21.3. The molecule has 0 spiro atoms. The lowest BCUT2D eigenvalue weighted by molar-refractivity contribution is -0.914. The molecule has 1 aliphatic rings. The number of halogens is 1. The van der Waals surface area contributed by atoms with Gasteiger partial charge in [0.25, 0.3) is 10.0 Å². The van der Waals surface area contributed by atoms with Crippen LogP contribution >= 0.6 is 27.3 Å². The number of rotatable bonds is 6. The van der Waals surface area contributed by atoms with Crippen LogP contribution in [0.2, 0.25) is 0 Å². The van der Waals surface area contributed by atoms with E-state index in [4.69, 9.17) is 4.98 Å². The fourth-order valence-corrected chi connectivity index (χ4v) is 7.01. The molecule has 0 amide bonds. The van der Waals surface area contributed by atoms with Crippen molar-refractivity contribution in [3.63, 3.8) is 0 Å². The first-order valence-electron chi connectivity index (χ1n) is 10.7. The summed E-state index contributed by atoms with van der Waals surface area (Å²) in [6.45, 7) is 4.40. The van der Waals surface area contributed by atoms with Crippen molar-refractivity contribution in [3.8, 4) is 0 Å². The molecule has 1 saturated heterocycles. The minimum Gasteiger partial charge on any atom is -0.342 e. The summed E-state index contributed by atoms with van der Waals surface area (Å²) in [5.41, 5.74) is 2.72. The van der Waals surface area contributed by atoms with Gasteiger partial charge in [0.05, 0.1) is 41.0 Å². The maximum Gasteiger partial charge on any atom is 0.272 e. The Hall–Kier alpha value is -2.53. The molecular weight excluding hydrogens is 522 g/mol. The smallest absolute Gasteiger partial charge is 0.272 e. The molecule has 4 aromatic rings. The Labute approximate surface area is 205 Å². The molecule has 2 aromatic carbocycles. The lowest BCUT2D eigenvalue weighted by Gasteiger charge is -2.33. The standard InChI is InChI=1S/C23H22BrN5O2S2/c24-20-10-11-21(32-20)33(30,31)27-22-23(26-19-9-5-4-8-18(19)25-22)29-14-12-28(13-15-29)16-17-6-2-1-3-7-17/h1-11H,12-16H2,(H,25,27)/p+1. The molecule has 33 heavy (non-hydrogen) atoms. The fourth-order valence-electron chi connectivity index (χ4n) is 4.00. The third kappa shape index (κ3) is 5.03. The highest BCUT2D eigenvalue weighted by atomic mass is 79.9. The first-order chi connectivity index (χ1) is 16.0. The fraction of sp³-hybridized carbons (Fsp3) is 0.217. The van der Waals surface area contributed by atoms with E-state index in [9.17, 15) is 8.42 Å². The first-order valence-corrected chi connectivity index (χ1v) is 13.7. The molecule has 1 fully saturated rings. The van der Waals surface area contributed by atoms with Gasteiger partial charge in [-0.15, -0.1) is 11.3 Å². The number of nitrogens with one attached hydrogen (secondary N) is 2. The lowest BCUT2D eigenvalue weighted by Crippen LogP contribution is -3.13. The van der Waals surface area contributed by atoms with Gasteiger partial charge in [-0.05, 0) is 40.2 Å². The lowest BCUT2D eigenvalue weighted by atomic mass is 10.2. The predicted octanol–water partition coefficient (Wildman–Crippen LogP) is 3.16. The van der Waals surface area contributed by atoms with Gasteiger partial charge >= 0.3 is 0 Å². The zero-order chi connectivity index (χ0) is 22.8. The van der Waals surface area contributed by atoms with Crippen LogP contribution in [0.1, 0.15) is 5.56 Å². The van der Waals surface area contributed by atoms with Crippen LogP contribution in [0.4, 0.5) is 11.6 Å². The van der Waals surface area contributed by atoms with Crippen molar-refractivity contribution in [3.05, 3.63) is 76.1 Å². The molecule has 0 bridgehead atoms. The van der Waals surface area contributed by atoms with E-state index in [2.05, 4.69) is 54.8 Å². The van der Waals surface area contributed by atoms with E-state index < -0.39 is 10.0 Å². The highest BCUT2D eigenvalue weighted by Gasteiger charge is 2.27. The molecule has 3 heterocycles. The summed E-state index contributed by atoms with van der Waals surface area (Å²) in [7, 11) is -3.77. The Morgan fingerprint density at radius 1 is 0.939 bits per heavy atom. The van der Waals surface area contributed by atoms with Crippen LogP contribution in [0.25, 0.3) is 11.0 Å². The maximum absolute atomic E-state index is 13.0. The molecule has 0 radical (unpaired) electrons. The number of thiophene rings is 1. The number of hydrogen-bond donors (Lipinski definition) is 2. The highest BCUT2D eigenvalue weighted by Crippen LogP contribution is 2.31. The van der Waals surface area contributed by atoms with Crippen molar-refractivity contribution in [2.45, 2.75) is 10.8 Å². The Balaban J connectivity index is 1.41. The minimum atomic E-state index is -3.77. The van der Waals surface area contributed by atoms with Crippen LogP contribution in [0.3, 0.4) is 0 Å². The zero-order valence-corrected chi connectivity index (χ0v) is 21.0. The second-order valence-corrected chi connectivity index (χ2v) is 12.3. The molecule has 0 unspecified atom stereocenters. The number of nitrogens with zero attached hydrogens (tertiary/aromatic N) is 3. The summed E-state index contributed by atoms with van der Waals surface area (Å²) in [5, 5.41) is 0. The number of para-hydroxylation sites is 2. The Morgan fingerprint density at radius 3 is 2.27 bits per heavy atom. The Bertz CT molecular complexity index is 1370. The van der Waals surface area contributed by atoms with Crippen molar-refractivity contribution in [2.75, 3.05) is 35.8 Å². The molecule has 0 atom stereocenters. The van der Waals surface area contributed by atoms with E-state index in [0.717, 1.165) is 53.4 Å². The Morgan fingerprint density at radius 2 is 1.61 bits per heavy atom. The number of hydrogen-bond acceptors (Lipinski definition) is 6. The number of quaternary nitrogens is 1. The summed E-state index contributed by atoms with van der Waals surface area (Å²) in [6.07, 6.45) is 0. The van der Waals surface area contributed by atoms with Crippen LogP contribution in [0.15, 0.2) is 74.7 Å². The van der Waals surface area contributed by atoms with Crippen molar-refractivity contribution in [2.24, 2.45) is 0 Å². The van der Waals surface area contributed by atoms with Gasteiger partial charge in [0.1, 0.15) is 10.8 Å². The van der Waals surface area contributed by atoms with E-state index in [-0.39, 0.29) is 10.0 Å². The molecule has 5 rings (SSSR count). The van der Waals surface area contributed by atoms with E-state index >= 15 is 0 Å². The van der Waals surface area contributed by atoms with Gasteiger partial charge in [-0.2, -0.15) is 0 Å². The summed E-state index contributed by atoms with van der Waals surface area (Å²) >= 11 is 4.50. The van der Waals surface area contributed by atoms with E-state index in [1.165, 1.54) is 10.5 Å². The molecule has 0 aliphatic carbocycles. The molecule has 7 nitrogen and oxygen atoms in total. The first kappa shape index (κ1) is 22.3. The molecule has 2 N–H and O–H groups in total. The number of piperazine rings is 1. The van der Waals surface area contributed by atoms with Crippen LogP contribution in [-0.4, -0.2) is 44.6 Å². The SMILES string of the molecule is O=S(=O)(Nc1nc2ccccc2nc1N1CC[NH+](Cc2ccccc2)CC1)c1ccc(Br)s1. The molecule has 2 aromatic heterocycles. The van der Waals surface area contributed by atoms with Gasteiger partial charge in [-0.3, -0.25) is 4.72 Å². The summed E-state index contributed by atoms with van der Waals surface area (Å²) in [4.78, 5) is 13.1. The zero-order valence-electron chi connectivity index (χ0n) is 17.7. The monoisotopic (exact) mass is 544 g/mol. The summed E-state index contributed by atoms with van der Waals surface area (Å²) in [5.74, 6) is 0.844. The van der Waals surface area contributed by atoms with Crippen molar-refractivity contribution in [1.29, 1.82) is 0 Å². The largest absolute Gasteiger partial charge is 0.342 e. The average Bonchev–Trinajstić information content (AvgIpc) is 3.27.